The smallest absolute Gasteiger partial charge is 0.317 e. The van der Waals surface area contributed by atoms with Crippen molar-refractivity contribution in [3.05, 3.63) is 53.2 Å². The van der Waals surface area contributed by atoms with Gasteiger partial charge >= 0.3 is 6.03 Å². The van der Waals surface area contributed by atoms with Crippen LogP contribution in [-0.4, -0.2) is 41.0 Å². The summed E-state index contributed by atoms with van der Waals surface area (Å²) in [5, 5.41) is 5.87. The second kappa shape index (κ2) is 10.3. The van der Waals surface area contributed by atoms with Crippen LogP contribution in [0.25, 0.3) is 0 Å². The van der Waals surface area contributed by atoms with E-state index in [2.05, 4.69) is 15.6 Å². The maximum absolute atomic E-state index is 12.6. The standard InChI is InChI=1S/C24H32N4O3/c1-16(2)27-24(30)28-11-5-6-20(15-28)23(29)26-14-19-9-10-22(25-13-19)31-21-12-17(3)7-8-18(21)4/h7-10,12-13,16,20H,5-6,11,14-15H2,1-4H3,(H,26,29)(H,27,30)/t20-/m0/s1. The van der Waals surface area contributed by atoms with E-state index in [4.69, 9.17) is 4.74 Å². The molecule has 0 spiro atoms. The van der Waals surface area contributed by atoms with Gasteiger partial charge in [-0.05, 0) is 63.3 Å². The Kier molecular flexibility index (Phi) is 7.50. The second-order valence-corrected chi connectivity index (χ2v) is 8.48. The van der Waals surface area contributed by atoms with Gasteiger partial charge in [0.1, 0.15) is 5.75 Å². The molecule has 166 valence electrons. The molecular weight excluding hydrogens is 392 g/mol. The number of amides is 3. The van der Waals surface area contributed by atoms with Gasteiger partial charge in [-0.1, -0.05) is 18.2 Å². The van der Waals surface area contributed by atoms with Crippen molar-refractivity contribution >= 4 is 11.9 Å². The number of pyridine rings is 1. The minimum atomic E-state index is -0.188. The molecule has 0 aliphatic carbocycles. The molecule has 1 aliphatic rings. The van der Waals surface area contributed by atoms with Crippen LogP contribution in [0.4, 0.5) is 4.79 Å². The first-order valence-electron chi connectivity index (χ1n) is 10.8. The summed E-state index contributed by atoms with van der Waals surface area (Å²) in [6, 6.07) is 9.74. The molecule has 0 radical (unpaired) electrons. The summed E-state index contributed by atoms with van der Waals surface area (Å²) in [7, 11) is 0. The van der Waals surface area contributed by atoms with Crippen molar-refractivity contribution in [2.24, 2.45) is 5.92 Å². The van der Waals surface area contributed by atoms with Gasteiger partial charge in [-0.25, -0.2) is 9.78 Å². The number of nitrogens with zero attached hydrogens (tertiary/aromatic N) is 2. The molecule has 1 atom stereocenters. The molecule has 31 heavy (non-hydrogen) atoms. The Balaban J connectivity index is 1.51. The van der Waals surface area contributed by atoms with Crippen LogP contribution < -0.4 is 15.4 Å². The Morgan fingerprint density at radius 3 is 2.74 bits per heavy atom. The molecule has 0 unspecified atom stereocenters. The van der Waals surface area contributed by atoms with Crippen LogP contribution in [0.3, 0.4) is 0 Å². The topological polar surface area (TPSA) is 83.6 Å². The summed E-state index contributed by atoms with van der Waals surface area (Å²) in [4.78, 5) is 30.9. The number of carbonyl (C=O) groups excluding carboxylic acids is 2. The third kappa shape index (κ3) is 6.44. The van der Waals surface area contributed by atoms with Gasteiger partial charge in [0.15, 0.2) is 0 Å². The number of aryl methyl sites for hydroxylation is 2. The number of piperidine rings is 1. The lowest BCUT2D eigenvalue weighted by atomic mass is 9.97. The van der Waals surface area contributed by atoms with Crippen LogP contribution in [0, 0.1) is 19.8 Å². The summed E-state index contributed by atoms with van der Waals surface area (Å²) < 4.78 is 5.89. The number of urea groups is 1. The van der Waals surface area contributed by atoms with Crippen LogP contribution in [0.2, 0.25) is 0 Å². The Labute approximate surface area is 184 Å². The first-order valence-corrected chi connectivity index (χ1v) is 10.8. The lowest BCUT2D eigenvalue weighted by molar-refractivity contribution is -0.126. The minimum absolute atomic E-state index is 0.0299. The van der Waals surface area contributed by atoms with Gasteiger partial charge in [0.05, 0.1) is 5.92 Å². The molecule has 1 aliphatic heterocycles. The van der Waals surface area contributed by atoms with Gasteiger partial charge in [-0.2, -0.15) is 0 Å². The number of likely N-dealkylation sites (tertiary alicyclic amines) is 1. The highest BCUT2D eigenvalue weighted by Crippen LogP contribution is 2.24. The van der Waals surface area contributed by atoms with Crippen molar-refractivity contribution in [2.45, 2.75) is 53.1 Å². The summed E-state index contributed by atoms with van der Waals surface area (Å²) >= 11 is 0. The number of rotatable bonds is 6. The largest absolute Gasteiger partial charge is 0.439 e. The number of hydrogen-bond donors (Lipinski definition) is 2. The van der Waals surface area contributed by atoms with Crippen molar-refractivity contribution < 1.29 is 14.3 Å². The zero-order valence-electron chi connectivity index (χ0n) is 18.8. The zero-order valence-corrected chi connectivity index (χ0v) is 18.8. The molecule has 3 rings (SSSR count). The van der Waals surface area contributed by atoms with Crippen LogP contribution in [-0.2, 0) is 11.3 Å². The normalized spacial score (nSPS) is 16.2. The lowest BCUT2D eigenvalue weighted by Gasteiger charge is -2.32. The van der Waals surface area contributed by atoms with Gasteiger partial charge in [-0.15, -0.1) is 0 Å². The fraction of sp³-hybridized carbons (Fsp3) is 0.458. The summed E-state index contributed by atoms with van der Waals surface area (Å²) in [6.07, 6.45) is 3.33. The Morgan fingerprint density at radius 1 is 1.23 bits per heavy atom. The van der Waals surface area contributed by atoms with E-state index in [1.807, 2.05) is 58.0 Å². The van der Waals surface area contributed by atoms with Crippen molar-refractivity contribution in [1.29, 1.82) is 0 Å². The average Bonchev–Trinajstić information content (AvgIpc) is 2.75. The molecule has 1 saturated heterocycles. The number of nitrogens with one attached hydrogen (secondary N) is 2. The number of ether oxygens (including phenoxy) is 1. The fourth-order valence-electron chi connectivity index (χ4n) is 3.55. The van der Waals surface area contributed by atoms with Crippen LogP contribution in [0.15, 0.2) is 36.5 Å². The van der Waals surface area contributed by atoms with Gasteiger partial charge in [0.2, 0.25) is 11.8 Å². The first-order chi connectivity index (χ1) is 14.8. The van der Waals surface area contributed by atoms with E-state index < -0.39 is 0 Å². The Bertz CT molecular complexity index is 912. The molecule has 2 N–H and O–H groups in total. The molecule has 2 heterocycles. The molecule has 1 aromatic carbocycles. The molecule has 2 aromatic rings. The highest BCUT2D eigenvalue weighted by atomic mass is 16.5. The predicted molar refractivity (Wildman–Crippen MR) is 120 cm³/mol. The van der Waals surface area contributed by atoms with E-state index in [0.717, 1.165) is 35.3 Å². The molecule has 0 bridgehead atoms. The number of hydrogen-bond acceptors (Lipinski definition) is 4. The summed E-state index contributed by atoms with van der Waals surface area (Å²) in [5.74, 6) is 1.09. The third-order valence-corrected chi connectivity index (χ3v) is 5.31. The second-order valence-electron chi connectivity index (χ2n) is 8.48. The number of benzene rings is 1. The quantitative estimate of drug-likeness (QED) is 0.736. The van der Waals surface area contributed by atoms with Gasteiger partial charge in [0.25, 0.3) is 0 Å². The van der Waals surface area contributed by atoms with E-state index in [1.165, 1.54) is 0 Å². The van der Waals surface area contributed by atoms with E-state index in [9.17, 15) is 9.59 Å². The monoisotopic (exact) mass is 424 g/mol. The third-order valence-electron chi connectivity index (χ3n) is 5.31. The van der Waals surface area contributed by atoms with Gasteiger partial charge in [-0.3, -0.25) is 4.79 Å². The van der Waals surface area contributed by atoms with E-state index >= 15 is 0 Å². The fourth-order valence-corrected chi connectivity index (χ4v) is 3.55. The van der Waals surface area contributed by atoms with Crippen molar-refractivity contribution in [3.63, 3.8) is 0 Å². The van der Waals surface area contributed by atoms with E-state index in [1.54, 1.807) is 11.1 Å². The van der Waals surface area contributed by atoms with Crippen molar-refractivity contribution in [2.75, 3.05) is 13.1 Å². The van der Waals surface area contributed by atoms with Crippen LogP contribution in [0.5, 0.6) is 11.6 Å². The minimum Gasteiger partial charge on any atom is -0.439 e. The molecule has 1 fully saturated rings. The highest BCUT2D eigenvalue weighted by Gasteiger charge is 2.28. The average molecular weight is 425 g/mol. The number of aromatic nitrogens is 1. The van der Waals surface area contributed by atoms with E-state index in [0.29, 0.717) is 25.5 Å². The molecule has 7 nitrogen and oxygen atoms in total. The zero-order chi connectivity index (χ0) is 22.4. The van der Waals surface area contributed by atoms with Crippen LogP contribution >= 0.6 is 0 Å². The maximum Gasteiger partial charge on any atom is 0.317 e. The Morgan fingerprint density at radius 2 is 2.03 bits per heavy atom. The summed E-state index contributed by atoms with van der Waals surface area (Å²) in [5.41, 5.74) is 3.07. The van der Waals surface area contributed by atoms with E-state index in [-0.39, 0.29) is 23.9 Å². The lowest BCUT2D eigenvalue weighted by Crippen LogP contribution is -2.50. The van der Waals surface area contributed by atoms with Crippen LogP contribution in [0.1, 0.15) is 43.4 Å². The highest BCUT2D eigenvalue weighted by molar-refractivity contribution is 5.80. The molecule has 0 saturated carbocycles. The SMILES string of the molecule is Cc1ccc(C)c(Oc2ccc(CNC(=O)[C@H]3CCCN(C(=O)NC(C)C)C3)cn2)c1. The molecule has 7 heteroatoms. The predicted octanol–water partition coefficient (Wildman–Crippen LogP) is 3.94. The van der Waals surface area contributed by atoms with Gasteiger partial charge in [0, 0.05) is 37.9 Å². The summed E-state index contributed by atoms with van der Waals surface area (Å²) in [6.45, 7) is 9.41. The maximum atomic E-state index is 12.6. The Hall–Kier alpha value is -3.09. The molecule has 3 amide bonds. The molecular formula is C24H32N4O3. The van der Waals surface area contributed by atoms with Crippen molar-refractivity contribution in [1.82, 2.24) is 20.5 Å². The van der Waals surface area contributed by atoms with Gasteiger partial charge < -0.3 is 20.3 Å². The molecule has 1 aromatic heterocycles. The van der Waals surface area contributed by atoms with Crippen molar-refractivity contribution in [3.8, 4) is 11.6 Å². The number of carbonyl (C=O) groups is 2. The first kappa shape index (κ1) is 22.6.